The highest BCUT2D eigenvalue weighted by Gasteiger charge is 2.09. The summed E-state index contributed by atoms with van der Waals surface area (Å²) in [6.45, 7) is 3.87. The molecular weight excluding hydrogens is 296 g/mol. The molecule has 114 valence electrons. The van der Waals surface area contributed by atoms with Gasteiger partial charge in [0, 0.05) is 0 Å². The molecule has 5 heteroatoms. The number of hydrogen-bond acceptors (Lipinski definition) is 3. The van der Waals surface area contributed by atoms with Crippen LogP contribution in [0.5, 0.6) is 5.75 Å². The minimum Gasteiger partial charge on any atom is -0.506 e. The van der Waals surface area contributed by atoms with E-state index in [1.165, 1.54) is 0 Å². The zero-order chi connectivity index (χ0) is 16.1. The lowest BCUT2D eigenvalue weighted by atomic mass is 10.1. The lowest BCUT2D eigenvalue weighted by Crippen LogP contribution is -2.35. The van der Waals surface area contributed by atoms with Gasteiger partial charge in [-0.05, 0) is 54.9 Å². The van der Waals surface area contributed by atoms with Crippen molar-refractivity contribution in [1.82, 2.24) is 5.32 Å². The molecule has 0 radical (unpaired) electrons. The number of phenols is 1. The van der Waals surface area contributed by atoms with E-state index in [0.29, 0.717) is 5.69 Å². The summed E-state index contributed by atoms with van der Waals surface area (Å²) in [6, 6.07) is 12.8. The van der Waals surface area contributed by atoms with Gasteiger partial charge in [0.05, 0.1) is 12.1 Å². The molecule has 0 aliphatic carbocycles. The summed E-state index contributed by atoms with van der Waals surface area (Å²) in [5, 5.41) is 15.4. The summed E-state index contributed by atoms with van der Waals surface area (Å²) in [5.41, 5.74) is 3.48. The summed E-state index contributed by atoms with van der Waals surface area (Å²) in [7, 11) is 0. The highest BCUT2D eigenvalue weighted by atomic mass is 32.1. The van der Waals surface area contributed by atoms with Gasteiger partial charge in [-0.25, -0.2) is 0 Å². The number of phenolic OH excluding ortho intramolecular Hbond substituents is 1. The Kier molecular flexibility index (Phi) is 5.12. The van der Waals surface area contributed by atoms with Crippen LogP contribution in [0.15, 0.2) is 42.5 Å². The number of benzene rings is 2. The van der Waals surface area contributed by atoms with Gasteiger partial charge in [-0.3, -0.25) is 4.79 Å². The van der Waals surface area contributed by atoms with Crippen molar-refractivity contribution in [3.05, 3.63) is 59.2 Å². The minimum absolute atomic E-state index is 0.0844. The number of nitrogens with one attached hydrogen (secondary N) is 2. The molecule has 4 nitrogen and oxygen atoms in total. The van der Waals surface area contributed by atoms with Gasteiger partial charge in [-0.15, -0.1) is 0 Å². The summed E-state index contributed by atoms with van der Waals surface area (Å²) in [6.07, 6.45) is 0.258. The minimum atomic E-state index is -0.195. The number of aromatic hydroxyl groups is 1. The molecule has 0 aliphatic heterocycles. The van der Waals surface area contributed by atoms with Gasteiger partial charge in [0.25, 0.3) is 0 Å². The normalized spacial score (nSPS) is 10.1. The monoisotopic (exact) mass is 314 g/mol. The van der Waals surface area contributed by atoms with Crippen LogP contribution in [0.3, 0.4) is 0 Å². The largest absolute Gasteiger partial charge is 0.506 e. The average molecular weight is 314 g/mol. The first-order chi connectivity index (χ1) is 10.5. The molecule has 0 aromatic heterocycles. The summed E-state index contributed by atoms with van der Waals surface area (Å²) in [5.74, 6) is -0.111. The number of hydrogen-bond donors (Lipinski definition) is 3. The molecule has 22 heavy (non-hydrogen) atoms. The predicted octanol–water partition coefficient (Wildman–Crippen LogP) is 3.06. The molecule has 0 spiro atoms. The van der Waals surface area contributed by atoms with Crippen LogP contribution in [0.2, 0.25) is 0 Å². The van der Waals surface area contributed by atoms with Gasteiger partial charge >= 0.3 is 0 Å². The first-order valence-electron chi connectivity index (χ1n) is 6.90. The fourth-order valence-electron chi connectivity index (χ4n) is 2.06. The molecule has 3 N–H and O–H groups in total. The lowest BCUT2D eigenvalue weighted by Gasteiger charge is -2.12. The Bertz CT molecular complexity index is 714. The number of carbonyl (C=O) groups is 1. The maximum absolute atomic E-state index is 12.0. The Morgan fingerprint density at radius 3 is 2.64 bits per heavy atom. The van der Waals surface area contributed by atoms with Crippen LogP contribution < -0.4 is 10.6 Å². The summed E-state index contributed by atoms with van der Waals surface area (Å²) >= 11 is 5.11. The second kappa shape index (κ2) is 7.04. The third kappa shape index (κ3) is 4.30. The van der Waals surface area contributed by atoms with Crippen LogP contribution in [0.4, 0.5) is 5.69 Å². The van der Waals surface area contributed by atoms with Crippen LogP contribution >= 0.6 is 12.2 Å². The van der Waals surface area contributed by atoms with Crippen molar-refractivity contribution in [2.24, 2.45) is 0 Å². The molecule has 0 saturated heterocycles. The fourth-order valence-corrected chi connectivity index (χ4v) is 2.28. The Morgan fingerprint density at radius 2 is 1.91 bits per heavy atom. The van der Waals surface area contributed by atoms with Crippen molar-refractivity contribution in [3.63, 3.8) is 0 Å². The van der Waals surface area contributed by atoms with Crippen LogP contribution in [0, 0.1) is 13.8 Å². The maximum atomic E-state index is 12.0. The van der Waals surface area contributed by atoms with Gasteiger partial charge in [0.1, 0.15) is 5.75 Å². The number of rotatable bonds is 3. The molecule has 0 aliphatic rings. The predicted molar refractivity (Wildman–Crippen MR) is 92.1 cm³/mol. The Balaban J connectivity index is 1.96. The topological polar surface area (TPSA) is 61.4 Å². The van der Waals surface area contributed by atoms with Gasteiger partial charge in [0.15, 0.2) is 5.11 Å². The Labute approximate surface area is 135 Å². The first kappa shape index (κ1) is 16.0. The Hall–Kier alpha value is -2.40. The van der Waals surface area contributed by atoms with Crippen LogP contribution in [-0.4, -0.2) is 16.1 Å². The SMILES string of the molecule is Cc1ccc(O)c(NC(=S)NC(=O)Cc2ccccc2C)c1. The van der Waals surface area contributed by atoms with Crippen LogP contribution in [0.1, 0.15) is 16.7 Å². The highest BCUT2D eigenvalue weighted by molar-refractivity contribution is 7.80. The number of anilines is 1. The van der Waals surface area contributed by atoms with E-state index >= 15 is 0 Å². The van der Waals surface area contributed by atoms with Crippen molar-refractivity contribution in [2.45, 2.75) is 20.3 Å². The van der Waals surface area contributed by atoms with Crippen molar-refractivity contribution in [3.8, 4) is 5.75 Å². The molecule has 0 bridgehead atoms. The van der Waals surface area contributed by atoms with Crippen molar-refractivity contribution < 1.29 is 9.90 Å². The van der Waals surface area contributed by atoms with Gasteiger partial charge in [-0.2, -0.15) is 0 Å². The van der Waals surface area contributed by atoms with E-state index in [1.54, 1.807) is 18.2 Å². The molecule has 0 heterocycles. The molecule has 2 aromatic carbocycles. The molecule has 0 unspecified atom stereocenters. The Morgan fingerprint density at radius 1 is 1.18 bits per heavy atom. The lowest BCUT2D eigenvalue weighted by molar-refractivity contribution is -0.119. The number of aryl methyl sites for hydroxylation is 2. The molecule has 1 amide bonds. The van der Waals surface area contributed by atoms with Crippen molar-refractivity contribution in [2.75, 3.05) is 5.32 Å². The molecule has 2 aromatic rings. The van der Waals surface area contributed by atoms with Gasteiger partial charge in [0.2, 0.25) is 5.91 Å². The van der Waals surface area contributed by atoms with Crippen molar-refractivity contribution >= 4 is 28.9 Å². The maximum Gasteiger partial charge on any atom is 0.230 e. The molecule has 0 saturated carbocycles. The second-order valence-electron chi connectivity index (χ2n) is 5.13. The zero-order valence-electron chi connectivity index (χ0n) is 12.5. The second-order valence-corrected chi connectivity index (χ2v) is 5.53. The first-order valence-corrected chi connectivity index (χ1v) is 7.31. The van der Waals surface area contributed by atoms with E-state index in [0.717, 1.165) is 16.7 Å². The summed E-state index contributed by atoms with van der Waals surface area (Å²) < 4.78 is 0. The third-order valence-electron chi connectivity index (χ3n) is 3.27. The molecule has 2 rings (SSSR count). The quantitative estimate of drug-likeness (QED) is 0.602. The highest BCUT2D eigenvalue weighted by Crippen LogP contribution is 2.23. The van der Waals surface area contributed by atoms with Crippen LogP contribution in [-0.2, 0) is 11.2 Å². The number of amides is 1. The van der Waals surface area contributed by atoms with E-state index in [2.05, 4.69) is 10.6 Å². The number of carbonyl (C=O) groups excluding carboxylic acids is 1. The fraction of sp³-hybridized carbons (Fsp3) is 0.176. The molecule has 0 atom stereocenters. The number of thiocarbonyl (C=S) groups is 1. The zero-order valence-corrected chi connectivity index (χ0v) is 13.3. The third-order valence-corrected chi connectivity index (χ3v) is 3.47. The smallest absolute Gasteiger partial charge is 0.230 e. The summed E-state index contributed by atoms with van der Waals surface area (Å²) in [4.78, 5) is 12.0. The van der Waals surface area contributed by atoms with E-state index in [-0.39, 0.29) is 23.2 Å². The average Bonchev–Trinajstić information content (AvgIpc) is 2.45. The van der Waals surface area contributed by atoms with E-state index in [1.807, 2.05) is 38.1 Å². The standard InChI is InChI=1S/C17H18N2O2S/c1-11-7-8-15(20)14(9-11)18-17(22)19-16(21)10-13-6-4-3-5-12(13)2/h3-9,20H,10H2,1-2H3,(H2,18,19,21,22). The van der Waals surface area contributed by atoms with Crippen molar-refractivity contribution in [1.29, 1.82) is 0 Å². The van der Waals surface area contributed by atoms with E-state index in [4.69, 9.17) is 12.2 Å². The van der Waals surface area contributed by atoms with Gasteiger partial charge in [-0.1, -0.05) is 30.3 Å². The van der Waals surface area contributed by atoms with E-state index < -0.39 is 0 Å². The molecule has 0 fully saturated rings. The van der Waals surface area contributed by atoms with E-state index in [9.17, 15) is 9.90 Å². The van der Waals surface area contributed by atoms with Gasteiger partial charge < -0.3 is 15.7 Å². The van der Waals surface area contributed by atoms with Crippen LogP contribution in [0.25, 0.3) is 0 Å². The molecular formula is C17H18N2O2S.